The molecule has 4 rings (SSSR count). The molecule has 3 heterocycles. The van der Waals surface area contributed by atoms with Crippen LogP contribution in [0.25, 0.3) is 5.69 Å². The Kier molecular flexibility index (Phi) is 4.89. The fourth-order valence-electron chi connectivity index (χ4n) is 3.16. The highest BCUT2D eigenvalue weighted by Gasteiger charge is 2.23. The van der Waals surface area contributed by atoms with Crippen molar-refractivity contribution in [1.29, 1.82) is 0 Å². The molecule has 6 nitrogen and oxygen atoms in total. The molecule has 27 heavy (non-hydrogen) atoms. The summed E-state index contributed by atoms with van der Waals surface area (Å²) in [5.74, 6) is -0.428. The lowest BCUT2D eigenvalue weighted by Gasteiger charge is -2.21. The second-order valence-electron chi connectivity index (χ2n) is 6.53. The van der Waals surface area contributed by atoms with E-state index in [1.54, 1.807) is 35.7 Å². The van der Waals surface area contributed by atoms with E-state index in [2.05, 4.69) is 15.0 Å². The Morgan fingerprint density at radius 1 is 1.19 bits per heavy atom. The van der Waals surface area contributed by atoms with Crippen LogP contribution < -0.4 is 4.90 Å². The van der Waals surface area contributed by atoms with Crippen molar-refractivity contribution in [2.75, 3.05) is 31.1 Å². The monoisotopic (exact) mass is 385 g/mol. The maximum absolute atomic E-state index is 13.4. The third kappa shape index (κ3) is 3.85. The van der Waals surface area contributed by atoms with Crippen LogP contribution in [-0.2, 0) is 0 Å². The maximum atomic E-state index is 13.4. The Labute approximate surface area is 160 Å². The zero-order chi connectivity index (χ0) is 18.8. The average Bonchev–Trinajstić information content (AvgIpc) is 3.25. The first kappa shape index (κ1) is 17.7. The molecule has 0 N–H and O–H groups in total. The largest absolute Gasteiger partial charge is 0.346 e. The van der Waals surface area contributed by atoms with Gasteiger partial charge in [0.15, 0.2) is 10.8 Å². The number of thiazole rings is 1. The average molecular weight is 385 g/mol. The lowest BCUT2D eigenvalue weighted by Crippen LogP contribution is -2.35. The molecule has 0 aliphatic carbocycles. The zero-order valence-corrected chi connectivity index (χ0v) is 15.8. The first-order valence-corrected chi connectivity index (χ1v) is 9.76. The lowest BCUT2D eigenvalue weighted by atomic mass is 10.3. The number of halogens is 1. The first-order valence-electron chi connectivity index (χ1n) is 8.88. The molecule has 0 spiro atoms. The van der Waals surface area contributed by atoms with E-state index in [-0.39, 0.29) is 11.7 Å². The van der Waals surface area contributed by atoms with Crippen molar-refractivity contribution in [3.63, 3.8) is 0 Å². The number of rotatable bonds is 3. The molecule has 0 atom stereocenters. The summed E-state index contributed by atoms with van der Waals surface area (Å²) in [5.41, 5.74) is 1.99. The minimum absolute atomic E-state index is 0.0951. The number of benzene rings is 1. The standard InChI is InChI=1S/C19H20FN5OS/c1-14-13-27-19(21-14)24-8-3-7-23(10-11-24)18(26)17-6-9-25(22-17)16-5-2-4-15(20)12-16/h2,4-6,9,12-13H,3,7-8,10-11H2,1H3. The highest BCUT2D eigenvalue weighted by atomic mass is 32.1. The van der Waals surface area contributed by atoms with E-state index in [0.29, 0.717) is 24.5 Å². The molecule has 3 aromatic rings. The Hall–Kier alpha value is -2.74. The predicted molar refractivity (Wildman–Crippen MR) is 103 cm³/mol. The van der Waals surface area contributed by atoms with Gasteiger partial charge in [-0.05, 0) is 37.6 Å². The van der Waals surface area contributed by atoms with Crippen LogP contribution in [0.5, 0.6) is 0 Å². The second-order valence-corrected chi connectivity index (χ2v) is 7.37. The van der Waals surface area contributed by atoms with Crippen LogP contribution in [0.3, 0.4) is 0 Å². The summed E-state index contributed by atoms with van der Waals surface area (Å²) >= 11 is 1.64. The molecule has 1 fully saturated rings. The van der Waals surface area contributed by atoms with E-state index in [9.17, 15) is 9.18 Å². The van der Waals surface area contributed by atoms with Gasteiger partial charge in [-0.3, -0.25) is 4.79 Å². The van der Waals surface area contributed by atoms with Crippen LogP contribution in [0, 0.1) is 12.7 Å². The number of nitrogens with zero attached hydrogens (tertiary/aromatic N) is 5. The van der Waals surface area contributed by atoms with Crippen molar-refractivity contribution in [2.24, 2.45) is 0 Å². The molecule has 2 aromatic heterocycles. The van der Waals surface area contributed by atoms with Crippen molar-refractivity contribution in [2.45, 2.75) is 13.3 Å². The Morgan fingerprint density at radius 2 is 2.07 bits per heavy atom. The van der Waals surface area contributed by atoms with Gasteiger partial charge in [-0.2, -0.15) is 5.10 Å². The zero-order valence-electron chi connectivity index (χ0n) is 15.0. The molecule has 8 heteroatoms. The number of hydrogen-bond donors (Lipinski definition) is 0. The van der Waals surface area contributed by atoms with Gasteiger partial charge >= 0.3 is 0 Å². The van der Waals surface area contributed by atoms with Crippen LogP contribution >= 0.6 is 11.3 Å². The molecular formula is C19H20FN5OS. The predicted octanol–water partition coefficient (Wildman–Crippen LogP) is 3.13. The normalized spacial score (nSPS) is 15.0. The molecule has 0 unspecified atom stereocenters. The molecule has 0 saturated carbocycles. The summed E-state index contributed by atoms with van der Waals surface area (Å²) in [6, 6.07) is 7.83. The number of aromatic nitrogens is 3. The summed E-state index contributed by atoms with van der Waals surface area (Å²) in [7, 11) is 0. The fourth-order valence-corrected chi connectivity index (χ4v) is 4.02. The van der Waals surface area contributed by atoms with Gasteiger partial charge < -0.3 is 9.80 Å². The Balaban J connectivity index is 1.45. The molecule has 0 bridgehead atoms. The van der Waals surface area contributed by atoms with E-state index in [4.69, 9.17) is 0 Å². The Morgan fingerprint density at radius 3 is 2.85 bits per heavy atom. The molecule has 1 aromatic carbocycles. The smallest absolute Gasteiger partial charge is 0.274 e. The quantitative estimate of drug-likeness (QED) is 0.695. The van der Waals surface area contributed by atoms with Crippen LogP contribution in [-0.4, -0.2) is 51.8 Å². The Bertz CT molecular complexity index is 953. The van der Waals surface area contributed by atoms with Gasteiger partial charge in [0.05, 0.1) is 11.4 Å². The van der Waals surface area contributed by atoms with Gasteiger partial charge in [-0.1, -0.05) is 6.07 Å². The number of hydrogen-bond acceptors (Lipinski definition) is 5. The summed E-state index contributed by atoms with van der Waals surface area (Å²) in [6.07, 6.45) is 2.57. The number of anilines is 1. The minimum atomic E-state index is -0.332. The third-order valence-corrected chi connectivity index (χ3v) is 5.56. The van der Waals surface area contributed by atoms with Gasteiger partial charge in [0.1, 0.15) is 5.82 Å². The highest BCUT2D eigenvalue weighted by Crippen LogP contribution is 2.22. The number of amides is 1. The van der Waals surface area contributed by atoms with Gasteiger partial charge in [0, 0.05) is 37.8 Å². The fraction of sp³-hybridized carbons (Fsp3) is 0.316. The molecule has 1 saturated heterocycles. The summed E-state index contributed by atoms with van der Waals surface area (Å²) < 4.78 is 14.9. The number of carbonyl (C=O) groups is 1. The van der Waals surface area contributed by atoms with Crippen molar-refractivity contribution in [3.05, 3.63) is 59.1 Å². The van der Waals surface area contributed by atoms with Crippen molar-refractivity contribution in [1.82, 2.24) is 19.7 Å². The van der Waals surface area contributed by atoms with Gasteiger partial charge in [-0.25, -0.2) is 14.1 Å². The van der Waals surface area contributed by atoms with E-state index < -0.39 is 0 Å². The van der Waals surface area contributed by atoms with Gasteiger partial charge in [0.25, 0.3) is 5.91 Å². The third-order valence-electron chi connectivity index (χ3n) is 4.54. The molecule has 1 aliphatic heterocycles. The van der Waals surface area contributed by atoms with E-state index in [1.807, 2.05) is 17.2 Å². The van der Waals surface area contributed by atoms with Gasteiger partial charge in [-0.15, -0.1) is 11.3 Å². The van der Waals surface area contributed by atoms with Crippen LogP contribution in [0.2, 0.25) is 0 Å². The van der Waals surface area contributed by atoms with Crippen molar-refractivity contribution in [3.8, 4) is 5.69 Å². The molecule has 0 radical (unpaired) electrons. The molecule has 1 aliphatic rings. The van der Waals surface area contributed by atoms with E-state index >= 15 is 0 Å². The lowest BCUT2D eigenvalue weighted by molar-refractivity contribution is 0.0760. The highest BCUT2D eigenvalue weighted by molar-refractivity contribution is 7.13. The molecule has 140 valence electrons. The summed E-state index contributed by atoms with van der Waals surface area (Å²) in [6.45, 7) is 4.94. The van der Waals surface area contributed by atoms with E-state index in [1.165, 1.54) is 16.8 Å². The van der Waals surface area contributed by atoms with Crippen molar-refractivity contribution >= 4 is 22.4 Å². The van der Waals surface area contributed by atoms with Crippen LogP contribution in [0.1, 0.15) is 22.6 Å². The van der Waals surface area contributed by atoms with Crippen LogP contribution in [0.15, 0.2) is 41.9 Å². The topological polar surface area (TPSA) is 54.3 Å². The minimum Gasteiger partial charge on any atom is -0.346 e. The van der Waals surface area contributed by atoms with E-state index in [0.717, 1.165) is 30.3 Å². The van der Waals surface area contributed by atoms with Crippen molar-refractivity contribution < 1.29 is 9.18 Å². The second kappa shape index (κ2) is 7.48. The first-order chi connectivity index (χ1) is 13.1. The van der Waals surface area contributed by atoms with Gasteiger partial charge in [0.2, 0.25) is 0 Å². The SMILES string of the molecule is Cc1csc(N2CCCN(C(=O)c3ccn(-c4cccc(F)c4)n3)CC2)n1. The summed E-state index contributed by atoms with van der Waals surface area (Å²) in [4.78, 5) is 21.5. The molecular weight excluding hydrogens is 365 g/mol. The molecule has 1 amide bonds. The van der Waals surface area contributed by atoms with Crippen LogP contribution in [0.4, 0.5) is 9.52 Å². The number of carbonyl (C=O) groups excluding carboxylic acids is 1. The number of aryl methyl sites for hydroxylation is 1. The maximum Gasteiger partial charge on any atom is 0.274 e. The summed E-state index contributed by atoms with van der Waals surface area (Å²) in [5, 5.41) is 7.40.